The molecule has 0 bridgehead atoms. The van der Waals surface area contributed by atoms with Crippen LogP contribution in [0.1, 0.15) is 38.5 Å². The Morgan fingerprint density at radius 3 is 2.62 bits per heavy atom. The van der Waals surface area contributed by atoms with Crippen molar-refractivity contribution in [1.82, 2.24) is 24.3 Å². The Labute approximate surface area is 158 Å². The van der Waals surface area contributed by atoms with Crippen LogP contribution in [-0.2, 0) is 19.6 Å². The number of aromatic nitrogens is 4. The highest BCUT2D eigenvalue weighted by Crippen LogP contribution is 2.02. The highest BCUT2D eigenvalue weighted by atomic mass is 15.1. The van der Waals surface area contributed by atoms with Crippen LogP contribution in [0, 0.1) is 0 Å². The second kappa shape index (κ2) is 12.2. The van der Waals surface area contributed by atoms with Gasteiger partial charge in [-0.25, -0.2) is 14.1 Å². The summed E-state index contributed by atoms with van der Waals surface area (Å²) in [7, 11) is 4.05. The summed E-state index contributed by atoms with van der Waals surface area (Å²) in [6, 6.07) is 0. The van der Waals surface area contributed by atoms with Crippen LogP contribution in [-0.4, -0.2) is 39.7 Å². The van der Waals surface area contributed by atoms with Crippen molar-refractivity contribution >= 4 is 0 Å². The standard InChI is InChI=1S/C20H35N6/c1-21-9-15-23(2)11-5-3-4-6-13-25-17-18-26(20-25)14-8-7-12-24-16-10-22-19-24/h9-10,15-21H,3-8,11-14H2,1-2H3/q+1/b15-9-. The zero-order chi connectivity index (χ0) is 18.5. The number of nitrogens with zero attached hydrogens (tertiary/aromatic N) is 5. The predicted molar refractivity (Wildman–Crippen MR) is 105 cm³/mol. The van der Waals surface area contributed by atoms with Crippen LogP contribution in [0.3, 0.4) is 0 Å². The van der Waals surface area contributed by atoms with E-state index in [9.17, 15) is 0 Å². The Morgan fingerprint density at radius 1 is 1.04 bits per heavy atom. The smallest absolute Gasteiger partial charge is 0.243 e. The minimum absolute atomic E-state index is 1.06. The van der Waals surface area contributed by atoms with Crippen LogP contribution < -0.4 is 9.88 Å². The minimum Gasteiger partial charge on any atom is -0.393 e. The Morgan fingerprint density at radius 2 is 1.85 bits per heavy atom. The molecule has 0 saturated heterocycles. The highest BCUT2D eigenvalue weighted by Gasteiger charge is 2.03. The van der Waals surface area contributed by atoms with E-state index in [0.717, 1.165) is 26.2 Å². The van der Waals surface area contributed by atoms with Gasteiger partial charge in [0.05, 0.1) is 19.4 Å². The van der Waals surface area contributed by atoms with Crippen LogP contribution in [0.25, 0.3) is 0 Å². The van der Waals surface area contributed by atoms with Gasteiger partial charge in [-0.1, -0.05) is 6.42 Å². The summed E-state index contributed by atoms with van der Waals surface area (Å²) in [6.45, 7) is 4.40. The molecule has 2 aromatic rings. The van der Waals surface area contributed by atoms with Gasteiger partial charge in [-0.3, -0.25) is 0 Å². The quantitative estimate of drug-likeness (QED) is 0.416. The van der Waals surface area contributed by atoms with E-state index in [1.165, 1.54) is 38.5 Å². The van der Waals surface area contributed by atoms with Crippen molar-refractivity contribution in [2.75, 3.05) is 20.6 Å². The Bertz CT molecular complexity index is 602. The summed E-state index contributed by atoms with van der Waals surface area (Å²) >= 11 is 0. The number of hydrogen-bond donors (Lipinski definition) is 1. The fraction of sp³-hybridized carbons (Fsp3) is 0.600. The molecule has 2 heterocycles. The molecule has 144 valence electrons. The predicted octanol–water partition coefficient (Wildman–Crippen LogP) is 2.64. The minimum atomic E-state index is 1.06. The molecule has 6 heteroatoms. The summed E-state index contributed by atoms with van der Waals surface area (Å²) in [5, 5.41) is 3.02. The maximum atomic E-state index is 4.08. The second-order valence-corrected chi connectivity index (χ2v) is 6.90. The maximum absolute atomic E-state index is 4.08. The van der Waals surface area contributed by atoms with E-state index >= 15 is 0 Å². The lowest BCUT2D eigenvalue weighted by atomic mass is 10.2. The number of rotatable bonds is 14. The molecule has 0 atom stereocenters. The van der Waals surface area contributed by atoms with Gasteiger partial charge in [-0.15, -0.1) is 0 Å². The summed E-state index contributed by atoms with van der Waals surface area (Å²) in [4.78, 5) is 6.31. The molecule has 1 N–H and O–H groups in total. The average molecular weight is 360 g/mol. The number of unbranched alkanes of at least 4 members (excludes halogenated alkanes) is 4. The monoisotopic (exact) mass is 359 g/mol. The molecular formula is C20H35N6+. The van der Waals surface area contributed by atoms with Crippen molar-refractivity contribution in [3.05, 3.63) is 49.8 Å². The number of hydrogen-bond acceptors (Lipinski definition) is 3. The Balaban J connectivity index is 1.49. The second-order valence-electron chi connectivity index (χ2n) is 6.90. The lowest BCUT2D eigenvalue weighted by Crippen LogP contribution is -2.30. The molecule has 2 rings (SSSR count). The van der Waals surface area contributed by atoms with Gasteiger partial charge in [0.1, 0.15) is 12.4 Å². The van der Waals surface area contributed by atoms with Gasteiger partial charge < -0.3 is 14.8 Å². The van der Waals surface area contributed by atoms with Gasteiger partial charge in [-0.2, -0.15) is 0 Å². The molecule has 0 aliphatic heterocycles. The zero-order valence-corrected chi connectivity index (χ0v) is 16.4. The third-order valence-corrected chi connectivity index (χ3v) is 4.56. The Kier molecular flexibility index (Phi) is 9.40. The van der Waals surface area contributed by atoms with Crippen LogP contribution in [0.15, 0.2) is 49.8 Å². The summed E-state index contributed by atoms with van der Waals surface area (Å²) in [5.41, 5.74) is 0. The van der Waals surface area contributed by atoms with Crippen molar-refractivity contribution in [2.24, 2.45) is 0 Å². The molecule has 0 aliphatic rings. The molecule has 0 amide bonds. The molecular weight excluding hydrogens is 324 g/mol. The van der Waals surface area contributed by atoms with Gasteiger partial charge in [0.25, 0.3) is 0 Å². The third-order valence-electron chi connectivity index (χ3n) is 4.56. The van der Waals surface area contributed by atoms with E-state index in [0.29, 0.717) is 0 Å². The lowest BCUT2D eigenvalue weighted by Gasteiger charge is -2.13. The molecule has 0 spiro atoms. The lowest BCUT2D eigenvalue weighted by molar-refractivity contribution is -0.696. The number of imidazole rings is 2. The van der Waals surface area contributed by atoms with Crippen molar-refractivity contribution in [1.29, 1.82) is 0 Å². The van der Waals surface area contributed by atoms with Crippen molar-refractivity contribution < 1.29 is 4.57 Å². The summed E-state index contributed by atoms with van der Waals surface area (Å²) < 4.78 is 6.76. The first-order valence-electron chi connectivity index (χ1n) is 9.82. The molecule has 0 unspecified atom stereocenters. The van der Waals surface area contributed by atoms with E-state index in [1.807, 2.05) is 32.0 Å². The van der Waals surface area contributed by atoms with Gasteiger partial charge in [0.15, 0.2) is 0 Å². The van der Waals surface area contributed by atoms with Crippen LogP contribution in [0.5, 0.6) is 0 Å². The molecule has 0 radical (unpaired) electrons. The first kappa shape index (κ1) is 20.1. The zero-order valence-electron chi connectivity index (χ0n) is 16.4. The molecule has 2 aromatic heterocycles. The van der Waals surface area contributed by atoms with Gasteiger partial charge in [0.2, 0.25) is 6.33 Å². The normalized spacial score (nSPS) is 11.3. The van der Waals surface area contributed by atoms with Crippen LogP contribution in [0.4, 0.5) is 0 Å². The van der Waals surface area contributed by atoms with Crippen LogP contribution >= 0.6 is 0 Å². The summed E-state index contributed by atoms with van der Waals surface area (Å²) in [5.74, 6) is 0. The summed E-state index contributed by atoms with van der Waals surface area (Å²) in [6.07, 6.45) is 24.0. The van der Waals surface area contributed by atoms with Crippen LogP contribution in [0.2, 0.25) is 0 Å². The number of nitrogens with one attached hydrogen (secondary N) is 1. The molecule has 6 nitrogen and oxygen atoms in total. The first-order valence-corrected chi connectivity index (χ1v) is 9.82. The molecule has 0 saturated carbocycles. The first-order chi connectivity index (χ1) is 12.8. The van der Waals surface area contributed by atoms with E-state index in [2.05, 4.69) is 60.9 Å². The van der Waals surface area contributed by atoms with Crippen molar-refractivity contribution in [3.8, 4) is 0 Å². The third kappa shape index (κ3) is 8.23. The average Bonchev–Trinajstić information content (AvgIpc) is 3.32. The molecule has 0 aromatic carbocycles. The largest absolute Gasteiger partial charge is 0.393 e. The topological polar surface area (TPSA) is 41.9 Å². The molecule has 0 aliphatic carbocycles. The van der Waals surface area contributed by atoms with E-state index in [-0.39, 0.29) is 0 Å². The van der Waals surface area contributed by atoms with E-state index in [4.69, 9.17) is 0 Å². The van der Waals surface area contributed by atoms with Crippen molar-refractivity contribution in [3.63, 3.8) is 0 Å². The van der Waals surface area contributed by atoms with Gasteiger partial charge in [-0.05, 0) is 32.1 Å². The van der Waals surface area contributed by atoms with E-state index in [1.54, 1.807) is 0 Å². The molecule has 0 fully saturated rings. The molecule has 26 heavy (non-hydrogen) atoms. The van der Waals surface area contributed by atoms with Crippen molar-refractivity contribution in [2.45, 2.75) is 58.2 Å². The van der Waals surface area contributed by atoms with Gasteiger partial charge >= 0.3 is 0 Å². The van der Waals surface area contributed by atoms with E-state index < -0.39 is 0 Å². The maximum Gasteiger partial charge on any atom is 0.243 e. The fourth-order valence-electron chi connectivity index (χ4n) is 3.00. The van der Waals surface area contributed by atoms with Gasteiger partial charge in [0, 0.05) is 52.0 Å². The number of aryl methyl sites for hydroxylation is 3. The Hall–Kier alpha value is -2.24. The SMILES string of the molecule is CN/C=C\N(C)CCCCCC[n+]1ccn(CCCCn2ccnc2)c1. The highest BCUT2D eigenvalue weighted by molar-refractivity contribution is 4.76. The fourth-order valence-corrected chi connectivity index (χ4v) is 3.00.